The Hall–Kier alpha value is -4.76. The molecule has 4 heterocycles. The molecule has 0 unspecified atom stereocenters. The Morgan fingerprint density at radius 1 is 1.00 bits per heavy atom. The van der Waals surface area contributed by atoms with Gasteiger partial charge in [0.15, 0.2) is 0 Å². The van der Waals surface area contributed by atoms with Crippen LogP contribution in [0, 0.1) is 0 Å². The molecule has 252 valence electrons. The molecule has 2 amide bonds. The number of amides is 2. The van der Waals surface area contributed by atoms with Crippen LogP contribution in [0.25, 0.3) is 10.6 Å². The van der Waals surface area contributed by atoms with Gasteiger partial charge in [-0.2, -0.15) is 23.4 Å². The number of alkyl halides is 3. The third-order valence-corrected chi connectivity index (χ3v) is 8.85. The zero-order valence-electron chi connectivity index (χ0n) is 26.5. The molecule has 4 aromatic rings. The number of anilines is 2. The number of benzene rings is 2. The predicted molar refractivity (Wildman–Crippen MR) is 174 cm³/mol. The Morgan fingerprint density at radius 3 is 2.50 bits per heavy atom. The van der Waals surface area contributed by atoms with Gasteiger partial charge in [0, 0.05) is 43.2 Å². The number of fused-ring (bicyclic) bond motifs is 1. The van der Waals surface area contributed by atoms with Crippen LogP contribution in [0.15, 0.2) is 66.3 Å². The molecule has 0 saturated carbocycles. The van der Waals surface area contributed by atoms with Crippen LogP contribution in [0.5, 0.6) is 11.5 Å². The number of thiazole rings is 1. The van der Waals surface area contributed by atoms with E-state index in [-0.39, 0.29) is 48.0 Å². The van der Waals surface area contributed by atoms with Crippen molar-refractivity contribution < 1.29 is 32.2 Å². The molecule has 2 atom stereocenters. The maximum atomic E-state index is 15.1. The summed E-state index contributed by atoms with van der Waals surface area (Å²) in [5, 5.41) is 15.2. The van der Waals surface area contributed by atoms with Crippen molar-refractivity contribution in [3.63, 3.8) is 0 Å². The SMILES string of the molecule is CC(C)(C)OC(=O)N[C@H]1CCN2CCN(c3c(NC(=O)c4csc(-c5ccnnc5)n4)ccc(Oc4ccccc4)c3C(F)(F)F)C[C@@H]12. The first-order valence-electron chi connectivity index (χ1n) is 15.4. The minimum Gasteiger partial charge on any atom is -0.457 e. The second-order valence-electron chi connectivity index (χ2n) is 12.5. The molecule has 15 heteroatoms. The van der Waals surface area contributed by atoms with E-state index in [2.05, 4.69) is 30.7 Å². The van der Waals surface area contributed by atoms with E-state index in [0.29, 0.717) is 30.1 Å². The monoisotopic (exact) mass is 681 g/mol. The smallest absolute Gasteiger partial charge is 0.422 e. The summed E-state index contributed by atoms with van der Waals surface area (Å²) in [6.07, 6.45) is -1.82. The number of nitrogens with zero attached hydrogens (tertiary/aromatic N) is 5. The Bertz CT molecular complexity index is 1770. The van der Waals surface area contributed by atoms with Crippen LogP contribution in [0.1, 0.15) is 43.2 Å². The van der Waals surface area contributed by atoms with E-state index in [4.69, 9.17) is 9.47 Å². The number of ether oxygens (including phenoxy) is 2. The molecule has 2 aliphatic rings. The molecular formula is C33H34F3N7O4S. The minimum atomic E-state index is -4.86. The van der Waals surface area contributed by atoms with Gasteiger partial charge in [0.2, 0.25) is 0 Å². The lowest BCUT2D eigenvalue weighted by atomic mass is 10.0. The highest BCUT2D eigenvalue weighted by molar-refractivity contribution is 7.13. The third-order valence-electron chi connectivity index (χ3n) is 7.95. The second-order valence-corrected chi connectivity index (χ2v) is 13.3. The maximum Gasteiger partial charge on any atom is 0.422 e. The van der Waals surface area contributed by atoms with E-state index in [1.807, 2.05) is 0 Å². The standard InChI is InChI=1S/C33H34F3N7O4S/c1-32(2,3)47-31(45)41-22-12-14-42-15-16-43(18-25(22)42)28-23(39-29(44)24-19-48-30(40-24)20-11-13-37-38-17-20)9-10-26(27(28)33(34,35)36)46-21-7-5-4-6-8-21/h4-11,13,17,19,22,25H,12,14-16,18H2,1-3H3,(H,39,44)(H,41,45)/t22-,25-/m0/s1. The van der Waals surface area contributed by atoms with Gasteiger partial charge < -0.3 is 25.0 Å². The zero-order valence-corrected chi connectivity index (χ0v) is 27.3. The molecule has 0 radical (unpaired) electrons. The van der Waals surface area contributed by atoms with Crippen LogP contribution in [-0.2, 0) is 10.9 Å². The molecule has 2 saturated heterocycles. The summed E-state index contributed by atoms with van der Waals surface area (Å²) in [7, 11) is 0. The number of rotatable bonds is 7. The number of aromatic nitrogens is 3. The van der Waals surface area contributed by atoms with Crippen molar-refractivity contribution in [1.29, 1.82) is 0 Å². The molecule has 6 rings (SSSR count). The van der Waals surface area contributed by atoms with E-state index in [0.717, 1.165) is 0 Å². The van der Waals surface area contributed by atoms with Crippen molar-refractivity contribution in [2.75, 3.05) is 36.4 Å². The lowest BCUT2D eigenvalue weighted by Crippen LogP contribution is -2.57. The molecule has 0 bridgehead atoms. The Balaban J connectivity index is 1.36. The number of alkyl carbamates (subject to hydrolysis) is 1. The highest BCUT2D eigenvalue weighted by Crippen LogP contribution is 2.48. The number of carbonyl (C=O) groups is 2. The van der Waals surface area contributed by atoms with Gasteiger partial charge in [0.25, 0.3) is 5.91 Å². The number of nitrogens with one attached hydrogen (secondary N) is 2. The van der Waals surface area contributed by atoms with Gasteiger partial charge in [-0.25, -0.2) is 9.78 Å². The second kappa shape index (κ2) is 13.4. The number of hydrogen-bond donors (Lipinski definition) is 2. The van der Waals surface area contributed by atoms with Gasteiger partial charge in [-0.1, -0.05) is 18.2 Å². The summed E-state index contributed by atoms with van der Waals surface area (Å²) >= 11 is 1.20. The average Bonchev–Trinajstić information content (AvgIpc) is 3.69. The van der Waals surface area contributed by atoms with Gasteiger partial charge in [-0.3, -0.25) is 9.69 Å². The predicted octanol–water partition coefficient (Wildman–Crippen LogP) is 6.45. The molecule has 2 aromatic heterocycles. The largest absolute Gasteiger partial charge is 0.457 e. The Kier molecular flexibility index (Phi) is 9.25. The Morgan fingerprint density at radius 2 is 1.79 bits per heavy atom. The van der Waals surface area contributed by atoms with Crippen molar-refractivity contribution in [2.45, 2.75) is 51.1 Å². The summed E-state index contributed by atoms with van der Waals surface area (Å²) in [5.74, 6) is -0.844. The van der Waals surface area contributed by atoms with Crippen LogP contribution in [0.2, 0.25) is 0 Å². The average molecular weight is 682 g/mol. The van der Waals surface area contributed by atoms with Crippen molar-refractivity contribution >= 4 is 34.7 Å². The van der Waals surface area contributed by atoms with E-state index < -0.39 is 35.1 Å². The summed E-state index contributed by atoms with van der Waals surface area (Å²) in [6, 6.07) is 11.9. The van der Waals surface area contributed by atoms with Gasteiger partial charge in [0.1, 0.15) is 33.4 Å². The van der Waals surface area contributed by atoms with Crippen LogP contribution < -0.4 is 20.3 Å². The fraction of sp³-hybridized carbons (Fsp3) is 0.364. The number of para-hydroxylation sites is 1. The molecule has 2 aliphatic heterocycles. The van der Waals surface area contributed by atoms with Crippen molar-refractivity contribution in [3.05, 3.63) is 77.6 Å². The molecule has 2 aromatic carbocycles. The highest BCUT2D eigenvalue weighted by atomic mass is 32.1. The summed E-state index contributed by atoms with van der Waals surface area (Å²) in [4.78, 5) is 34.3. The fourth-order valence-electron chi connectivity index (χ4n) is 5.93. The maximum absolute atomic E-state index is 15.1. The minimum absolute atomic E-state index is 0.0400. The first-order chi connectivity index (χ1) is 22.9. The van der Waals surface area contributed by atoms with E-state index in [1.165, 1.54) is 41.2 Å². The Labute approximate surface area is 279 Å². The first-order valence-corrected chi connectivity index (χ1v) is 16.2. The number of carbonyl (C=O) groups excluding carboxylic acids is 2. The zero-order chi connectivity index (χ0) is 34.1. The number of halogens is 3. The van der Waals surface area contributed by atoms with E-state index in [9.17, 15) is 9.59 Å². The van der Waals surface area contributed by atoms with E-state index >= 15 is 13.2 Å². The summed E-state index contributed by atoms with van der Waals surface area (Å²) in [5.41, 5.74) is -1.30. The molecular weight excluding hydrogens is 647 g/mol. The number of hydrogen-bond acceptors (Lipinski definition) is 10. The molecule has 2 fully saturated rings. The summed E-state index contributed by atoms with van der Waals surface area (Å²) < 4.78 is 56.7. The molecule has 48 heavy (non-hydrogen) atoms. The fourth-order valence-corrected chi connectivity index (χ4v) is 6.72. The lowest BCUT2D eigenvalue weighted by Gasteiger charge is -2.42. The van der Waals surface area contributed by atoms with Gasteiger partial charge >= 0.3 is 12.3 Å². The van der Waals surface area contributed by atoms with Crippen molar-refractivity contribution in [2.24, 2.45) is 0 Å². The van der Waals surface area contributed by atoms with Gasteiger partial charge in [0.05, 0.1) is 29.8 Å². The normalized spacial score (nSPS) is 18.2. The van der Waals surface area contributed by atoms with Crippen molar-refractivity contribution in [1.82, 2.24) is 25.4 Å². The highest BCUT2D eigenvalue weighted by Gasteiger charge is 2.45. The van der Waals surface area contributed by atoms with Crippen LogP contribution in [0.4, 0.5) is 29.3 Å². The van der Waals surface area contributed by atoms with Crippen molar-refractivity contribution in [3.8, 4) is 22.1 Å². The molecule has 0 spiro atoms. The van der Waals surface area contributed by atoms with Gasteiger partial charge in [-0.15, -0.1) is 11.3 Å². The van der Waals surface area contributed by atoms with Crippen LogP contribution in [-0.4, -0.2) is 75.9 Å². The van der Waals surface area contributed by atoms with E-state index in [1.54, 1.807) is 62.1 Å². The van der Waals surface area contributed by atoms with Crippen LogP contribution in [0.3, 0.4) is 0 Å². The quantitative estimate of drug-likeness (QED) is 0.227. The molecule has 0 aliphatic carbocycles. The molecule has 2 N–H and O–H groups in total. The molecule has 11 nitrogen and oxygen atoms in total. The number of piperazine rings is 1. The summed E-state index contributed by atoms with van der Waals surface area (Å²) in [6.45, 7) is 6.79. The first kappa shape index (κ1) is 33.2. The lowest BCUT2D eigenvalue weighted by molar-refractivity contribution is -0.138. The third kappa shape index (κ3) is 7.52. The van der Waals surface area contributed by atoms with Crippen LogP contribution >= 0.6 is 11.3 Å². The van der Waals surface area contributed by atoms with Gasteiger partial charge in [-0.05, 0) is 57.5 Å². The topological polar surface area (TPSA) is 122 Å².